The lowest BCUT2D eigenvalue weighted by Gasteiger charge is -2.45. The van der Waals surface area contributed by atoms with E-state index in [1.807, 2.05) is 24.3 Å². The van der Waals surface area contributed by atoms with Gasteiger partial charge < -0.3 is 0 Å². The van der Waals surface area contributed by atoms with E-state index in [9.17, 15) is 25.6 Å². The lowest BCUT2D eigenvalue weighted by molar-refractivity contribution is 0.127. The summed E-state index contributed by atoms with van der Waals surface area (Å²) < 4.78 is 83.7. The fourth-order valence-electron chi connectivity index (χ4n) is 8.26. The Balaban J connectivity index is 1.16. The zero-order valence-electron chi connectivity index (χ0n) is 27.2. The van der Waals surface area contributed by atoms with Crippen LogP contribution >= 0.6 is 0 Å². The highest BCUT2D eigenvalue weighted by Crippen LogP contribution is 2.63. The molecule has 9 heteroatoms. The molecule has 0 radical (unpaired) electrons. The van der Waals surface area contributed by atoms with Crippen LogP contribution in [0.5, 0.6) is 0 Å². The number of allylic oxidation sites excluding steroid dienone is 3. The van der Waals surface area contributed by atoms with E-state index < -0.39 is 25.9 Å². The van der Waals surface area contributed by atoms with Crippen molar-refractivity contribution in [2.75, 3.05) is 6.26 Å². The third kappa shape index (κ3) is 5.89. The highest BCUT2D eigenvalue weighted by molar-refractivity contribution is 7.90. The first-order valence-electron chi connectivity index (χ1n) is 16.8. The molecule has 1 atom stereocenters. The van der Waals surface area contributed by atoms with Crippen LogP contribution < -0.4 is 4.72 Å². The zero-order valence-corrected chi connectivity index (χ0v) is 28.8. The van der Waals surface area contributed by atoms with Crippen LogP contribution in [-0.2, 0) is 19.9 Å². The maximum atomic E-state index is 14.2. The van der Waals surface area contributed by atoms with Gasteiger partial charge in [-0.25, -0.2) is 30.3 Å². The number of sulfonamides is 1. The van der Waals surface area contributed by atoms with Crippen LogP contribution in [0.1, 0.15) is 73.6 Å². The summed E-state index contributed by atoms with van der Waals surface area (Å²) in [6.45, 7) is 0. The fraction of sp³-hybridized carbons (Fsp3) is 0.300. The Labute approximate surface area is 286 Å². The molecule has 2 spiro atoms. The number of hydrogen-bond donors (Lipinski definition) is 1. The van der Waals surface area contributed by atoms with Crippen molar-refractivity contribution < 1.29 is 25.6 Å². The smallest absolute Gasteiger partial charge is 0.224 e. The first-order valence-corrected chi connectivity index (χ1v) is 20.1. The number of hydrogen-bond acceptors (Lipinski definition) is 4. The van der Waals surface area contributed by atoms with Crippen molar-refractivity contribution in [1.82, 2.24) is 4.72 Å². The zero-order chi connectivity index (χ0) is 34.2. The van der Waals surface area contributed by atoms with Gasteiger partial charge in [-0.15, -0.1) is 0 Å². The van der Waals surface area contributed by atoms with Crippen LogP contribution in [0, 0.1) is 22.5 Å². The van der Waals surface area contributed by atoms with E-state index in [0.717, 1.165) is 84.6 Å². The van der Waals surface area contributed by atoms with Crippen LogP contribution in [0.3, 0.4) is 0 Å². The van der Waals surface area contributed by atoms with E-state index in [4.69, 9.17) is 0 Å². The van der Waals surface area contributed by atoms with Crippen LogP contribution in [0.25, 0.3) is 22.3 Å². The number of sulfone groups is 1. The SMILES string of the molecule is CS(=O)(=O)c1ccc(C2=C(c3ccc(F)cc3)CC3(CCC3)C2NS(=O)(=O)c2ccc(C3=C(c4ccc(F)cc4)CC4(CC4)C3)cc2)cc1. The molecule has 1 unspecified atom stereocenters. The Morgan fingerprint density at radius 1 is 0.571 bits per heavy atom. The van der Waals surface area contributed by atoms with Crippen molar-refractivity contribution in [2.24, 2.45) is 10.8 Å². The summed E-state index contributed by atoms with van der Waals surface area (Å²) >= 11 is 0. The van der Waals surface area contributed by atoms with Crippen LogP contribution in [0.2, 0.25) is 0 Å². The van der Waals surface area contributed by atoms with E-state index in [1.165, 1.54) is 35.4 Å². The predicted octanol–water partition coefficient (Wildman–Crippen LogP) is 8.69. The van der Waals surface area contributed by atoms with Gasteiger partial charge in [0.15, 0.2) is 9.84 Å². The van der Waals surface area contributed by atoms with Crippen LogP contribution in [0.4, 0.5) is 8.78 Å². The van der Waals surface area contributed by atoms with E-state index in [1.54, 1.807) is 48.5 Å². The largest absolute Gasteiger partial charge is 0.241 e. The molecule has 0 bridgehead atoms. The summed E-state index contributed by atoms with van der Waals surface area (Å²) in [5.41, 5.74) is 7.56. The molecule has 4 aliphatic carbocycles. The number of benzene rings is 4. The Kier molecular flexibility index (Phi) is 7.63. The van der Waals surface area contributed by atoms with Crippen LogP contribution in [0.15, 0.2) is 107 Å². The van der Waals surface area contributed by atoms with Gasteiger partial charge in [-0.05, 0) is 149 Å². The van der Waals surface area contributed by atoms with E-state index >= 15 is 0 Å². The normalized spacial score (nSPS) is 21.1. The molecular formula is C40H37F2NO4S2. The van der Waals surface area contributed by atoms with Gasteiger partial charge in [-0.2, -0.15) is 0 Å². The molecule has 2 fully saturated rings. The maximum absolute atomic E-state index is 14.2. The lowest BCUT2D eigenvalue weighted by Crippen LogP contribution is -2.49. The van der Waals surface area contributed by atoms with Gasteiger partial charge in [0.1, 0.15) is 11.6 Å². The van der Waals surface area contributed by atoms with E-state index in [0.29, 0.717) is 6.42 Å². The van der Waals surface area contributed by atoms with Crippen molar-refractivity contribution >= 4 is 42.2 Å². The summed E-state index contributed by atoms with van der Waals surface area (Å²) in [5, 5.41) is 0. The average Bonchev–Trinajstić information content (AvgIpc) is 3.58. The standard InChI is InChI=1S/C40H37F2NO4S2/c1-48(44,45)32-15-9-29(10-16-32)37-36(28-5-13-31(42)14-6-28)25-40(19-2-20-40)38(37)43-49(46,47)33-17-7-27(8-18-33)35-24-39(21-22-39)23-34(35)26-3-11-30(41)12-4-26/h3-18,38,43H,2,19-25H2,1H3. The Morgan fingerprint density at radius 3 is 1.47 bits per heavy atom. The summed E-state index contributed by atoms with van der Waals surface area (Å²) in [6.07, 6.45) is 8.59. The maximum Gasteiger partial charge on any atom is 0.241 e. The van der Waals surface area contributed by atoms with Crippen molar-refractivity contribution in [2.45, 2.75) is 67.2 Å². The second kappa shape index (κ2) is 11.6. The predicted molar refractivity (Wildman–Crippen MR) is 188 cm³/mol. The van der Waals surface area contributed by atoms with Crippen molar-refractivity contribution in [3.63, 3.8) is 0 Å². The molecule has 5 nitrogen and oxygen atoms in total. The first kappa shape index (κ1) is 32.3. The second-order valence-corrected chi connectivity index (χ2v) is 18.2. The highest BCUT2D eigenvalue weighted by Gasteiger charge is 2.53. The molecule has 252 valence electrons. The van der Waals surface area contributed by atoms with Gasteiger partial charge in [0.05, 0.1) is 15.8 Å². The molecule has 0 aliphatic heterocycles. The molecule has 1 N–H and O–H groups in total. The van der Waals surface area contributed by atoms with Gasteiger partial charge in [-0.1, -0.05) is 55.0 Å². The number of rotatable bonds is 8. The monoisotopic (exact) mass is 697 g/mol. The first-order chi connectivity index (χ1) is 23.3. The van der Waals surface area contributed by atoms with Crippen molar-refractivity contribution in [1.29, 1.82) is 0 Å². The van der Waals surface area contributed by atoms with Crippen molar-refractivity contribution in [3.8, 4) is 0 Å². The Morgan fingerprint density at radius 2 is 1.02 bits per heavy atom. The topological polar surface area (TPSA) is 80.3 Å². The van der Waals surface area contributed by atoms with Gasteiger partial charge >= 0.3 is 0 Å². The van der Waals surface area contributed by atoms with Gasteiger partial charge in [0, 0.05) is 6.26 Å². The van der Waals surface area contributed by atoms with Crippen molar-refractivity contribution in [3.05, 3.63) is 131 Å². The molecule has 2 saturated carbocycles. The van der Waals surface area contributed by atoms with Gasteiger partial charge in [0.2, 0.25) is 10.0 Å². The molecule has 49 heavy (non-hydrogen) atoms. The summed E-state index contributed by atoms with van der Waals surface area (Å²) in [7, 11) is -7.42. The molecule has 4 aromatic rings. The fourth-order valence-corrected chi connectivity index (χ4v) is 10.2. The molecular weight excluding hydrogens is 661 g/mol. The Bertz CT molecular complexity index is 2230. The van der Waals surface area contributed by atoms with Gasteiger partial charge in [-0.3, -0.25) is 0 Å². The average molecular weight is 698 g/mol. The minimum Gasteiger partial charge on any atom is -0.224 e. The molecule has 0 heterocycles. The lowest BCUT2D eigenvalue weighted by atomic mass is 9.63. The van der Waals surface area contributed by atoms with Gasteiger partial charge in [0.25, 0.3) is 0 Å². The summed E-state index contributed by atoms with van der Waals surface area (Å²) in [5.74, 6) is -0.627. The second-order valence-electron chi connectivity index (χ2n) is 14.5. The number of nitrogens with one attached hydrogen (secondary N) is 1. The van der Waals surface area contributed by atoms with Crippen LogP contribution in [-0.4, -0.2) is 29.1 Å². The summed E-state index contributed by atoms with van der Waals surface area (Å²) in [6, 6.07) is 26.0. The quantitative estimate of drug-likeness (QED) is 0.200. The Hall–Kier alpha value is -3.92. The molecule has 0 saturated heterocycles. The third-order valence-corrected chi connectivity index (χ3v) is 13.9. The minimum atomic E-state index is -3.99. The third-order valence-electron chi connectivity index (χ3n) is 11.3. The molecule has 8 rings (SSSR count). The molecule has 4 aromatic carbocycles. The van der Waals surface area contributed by atoms with E-state index in [-0.39, 0.29) is 32.3 Å². The summed E-state index contributed by atoms with van der Waals surface area (Å²) in [4.78, 5) is 0.345. The molecule has 0 amide bonds. The highest BCUT2D eigenvalue weighted by atomic mass is 32.2. The molecule has 4 aliphatic rings. The molecule has 0 aromatic heterocycles. The van der Waals surface area contributed by atoms with E-state index in [2.05, 4.69) is 4.72 Å². The minimum absolute atomic E-state index is 0.163. The number of halogens is 2.